The molecule has 0 bridgehead atoms. The molecule has 0 spiro atoms. The summed E-state index contributed by atoms with van der Waals surface area (Å²) >= 11 is 0. The Balaban J connectivity index is 0. The molecular weight excluding hydrogens is 192 g/mol. The molecule has 1 aliphatic rings. The molecule has 0 radical (unpaired) electrons. The zero-order chi connectivity index (χ0) is 13.2. The quantitative estimate of drug-likeness (QED) is 0.465. The highest BCUT2D eigenvalue weighted by Gasteiger charge is 2.32. The Morgan fingerprint density at radius 1 is 1.19 bits per heavy atom. The van der Waals surface area contributed by atoms with Crippen molar-refractivity contribution in [3.63, 3.8) is 0 Å². The molecule has 1 saturated carbocycles. The fourth-order valence-electron chi connectivity index (χ4n) is 1.99. The Kier molecular flexibility index (Phi) is 11.2. The second-order valence-corrected chi connectivity index (χ2v) is 5.09. The lowest BCUT2D eigenvalue weighted by molar-refractivity contribution is 0.216. The predicted molar refractivity (Wildman–Crippen MR) is 77.9 cm³/mol. The van der Waals surface area contributed by atoms with Crippen LogP contribution in [0.2, 0.25) is 0 Å². The maximum absolute atomic E-state index is 4.19. The Bertz CT molecular complexity index is 167. The summed E-state index contributed by atoms with van der Waals surface area (Å²) in [5, 5.41) is 0. The Hall–Kier alpha value is -0.260. The van der Waals surface area contributed by atoms with Crippen molar-refractivity contribution in [2.75, 3.05) is 0 Å². The van der Waals surface area contributed by atoms with E-state index >= 15 is 0 Å². The highest BCUT2D eigenvalue weighted by molar-refractivity contribution is 5.12. The van der Waals surface area contributed by atoms with Crippen LogP contribution in [0, 0.1) is 11.3 Å². The number of hydrogen-bond acceptors (Lipinski definition) is 0. The summed E-state index contributed by atoms with van der Waals surface area (Å²) in [6.07, 6.45) is 6.62. The van der Waals surface area contributed by atoms with Crippen LogP contribution >= 0.6 is 0 Å². The lowest BCUT2D eigenvalue weighted by Crippen LogP contribution is -2.28. The van der Waals surface area contributed by atoms with E-state index in [9.17, 15) is 0 Å². The third kappa shape index (κ3) is 5.72. The molecule has 0 nitrogen and oxygen atoms in total. The molecule has 0 saturated heterocycles. The summed E-state index contributed by atoms with van der Waals surface area (Å²) in [5.41, 5.74) is 1.93. The molecule has 1 aliphatic carbocycles. The standard InChI is InChI=1S/C11H20.C3H8.C2H6/c1-9(2)11(4)8-6-5-7-10(11)3;1-3-2;1-2/h9H,3,5-8H2,1-2,4H3;3H2,1-2H3;1-2H3. The molecule has 0 heteroatoms. The van der Waals surface area contributed by atoms with E-state index in [1.54, 1.807) is 0 Å². The maximum atomic E-state index is 4.19. The SMILES string of the molecule is C=C1CCCCC1(C)C(C)C.CC.CCC. The summed E-state index contributed by atoms with van der Waals surface area (Å²) in [4.78, 5) is 0. The van der Waals surface area contributed by atoms with Gasteiger partial charge in [0.25, 0.3) is 0 Å². The average molecular weight is 226 g/mol. The normalized spacial score (nSPS) is 24.1. The van der Waals surface area contributed by atoms with E-state index < -0.39 is 0 Å². The largest absolute Gasteiger partial charge is 0.0993 e. The van der Waals surface area contributed by atoms with Gasteiger partial charge in [-0.1, -0.05) is 73.5 Å². The van der Waals surface area contributed by atoms with Gasteiger partial charge in [-0.05, 0) is 30.6 Å². The van der Waals surface area contributed by atoms with Crippen molar-refractivity contribution < 1.29 is 0 Å². The topological polar surface area (TPSA) is 0 Å². The third-order valence-electron chi connectivity index (χ3n) is 3.51. The van der Waals surface area contributed by atoms with Crippen molar-refractivity contribution in [2.45, 2.75) is 80.6 Å². The zero-order valence-electron chi connectivity index (χ0n) is 12.8. The van der Waals surface area contributed by atoms with Crippen LogP contribution in [0.25, 0.3) is 0 Å². The first-order valence-corrected chi connectivity index (χ1v) is 7.17. The molecule has 98 valence electrons. The van der Waals surface area contributed by atoms with Crippen LogP contribution in [-0.4, -0.2) is 0 Å². The van der Waals surface area contributed by atoms with E-state index in [4.69, 9.17) is 0 Å². The monoisotopic (exact) mass is 226 g/mol. The average Bonchev–Trinajstić information content (AvgIpc) is 2.26. The fraction of sp³-hybridized carbons (Fsp3) is 0.875. The van der Waals surface area contributed by atoms with Crippen LogP contribution < -0.4 is 0 Å². The minimum atomic E-state index is 0.443. The molecule has 0 aromatic heterocycles. The van der Waals surface area contributed by atoms with Crippen LogP contribution in [0.5, 0.6) is 0 Å². The van der Waals surface area contributed by atoms with Crippen molar-refractivity contribution in [3.05, 3.63) is 12.2 Å². The van der Waals surface area contributed by atoms with Gasteiger partial charge in [0.05, 0.1) is 0 Å². The van der Waals surface area contributed by atoms with E-state index in [2.05, 4.69) is 41.2 Å². The van der Waals surface area contributed by atoms with E-state index in [0.717, 1.165) is 5.92 Å². The maximum Gasteiger partial charge on any atom is -0.00961 e. The summed E-state index contributed by atoms with van der Waals surface area (Å²) in [5.74, 6) is 0.760. The number of rotatable bonds is 1. The van der Waals surface area contributed by atoms with Gasteiger partial charge in [0.1, 0.15) is 0 Å². The molecule has 1 fully saturated rings. The number of allylic oxidation sites excluding steroid dienone is 1. The first-order valence-electron chi connectivity index (χ1n) is 7.17. The molecule has 1 atom stereocenters. The van der Waals surface area contributed by atoms with Crippen molar-refractivity contribution in [3.8, 4) is 0 Å². The smallest absolute Gasteiger partial charge is 0.00961 e. The van der Waals surface area contributed by atoms with Crippen LogP contribution in [0.3, 0.4) is 0 Å². The van der Waals surface area contributed by atoms with E-state index in [-0.39, 0.29) is 0 Å². The lowest BCUT2D eigenvalue weighted by atomic mass is 9.66. The van der Waals surface area contributed by atoms with Gasteiger partial charge in [0.15, 0.2) is 0 Å². The van der Waals surface area contributed by atoms with Crippen molar-refractivity contribution in [1.82, 2.24) is 0 Å². The van der Waals surface area contributed by atoms with Crippen molar-refractivity contribution in [2.24, 2.45) is 11.3 Å². The lowest BCUT2D eigenvalue weighted by Gasteiger charge is -2.39. The van der Waals surface area contributed by atoms with Gasteiger partial charge < -0.3 is 0 Å². The minimum Gasteiger partial charge on any atom is -0.0993 e. The first-order chi connectivity index (χ1) is 7.49. The highest BCUT2D eigenvalue weighted by Crippen LogP contribution is 2.44. The van der Waals surface area contributed by atoms with Gasteiger partial charge in [-0.3, -0.25) is 0 Å². The predicted octanol–water partition coefficient (Wildman–Crippen LogP) is 6.22. The summed E-state index contributed by atoms with van der Waals surface area (Å²) in [7, 11) is 0. The molecule has 0 aromatic carbocycles. The molecule has 1 unspecified atom stereocenters. The molecule has 16 heavy (non-hydrogen) atoms. The Morgan fingerprint density at radius 3 is 1.88 bits per heavy atom. The molecular formula is C16H34. The molecule has 0 aliphatic heterocycles. The van der Waals surface area contributed by atoms with Crippen molar-refractivity contribution in [1.29, 1.82) is 0 Å². The summed E-state index contributed by atoms with van der Waals surface area (Å²) in [6.45, 7) is 19.4. The molecule has 0 aromatic rings. The summed E-state index contributed by atoms with van der Waals surface area (Å²) in [6, 6.07) is 0. The van der Waals surface area contributed by atoms with E-state index in [0.29, 0.717) is 5.41 Å². The number of hydrogen-bond donors (Lipinski definition) is 0. The zero-order valence-corrected chi connectivity index (χ0v) is 12.8. The molecule has 0 N–H and O–H groups in total. The minimum absolute atomic E-state index is 0.443. The van der Waals surface area contributed by atoms with Crippen LogP contribution in [0.15, 0.2) is 12.2 Å². The van der Waals surface area contributed by atoms with Gasteiger partial charge in [-0.2, -0.15) is 0 Å². The molecule has 1 rings (SSSR count). The second kappa shape index (κ2) is 9.93. The highest BCUT2D eigenvalue weighted by atomic mass is 14.4. The van der Waals surface area contributed by atoms with Gasteiger partial charge in [-0.25, -0.2) is 0 Å². The molecule has 0 heterocycles. The molecule has 0 amide bonds. The van der Waals surface area contributed by atoms with Gasteiger partial charge >= 0.3 is 0 Å². The van der Waals surface area contributed by atoms with Crippen LogP contribution in [0.1, 0.15) is 80.6 Å². The fourth-order valence-corrected chi connectivity index (χ4v) is 1.99. The summed E-state index contributed by atoms with van der Waals surface area (Å²) < 4.78 is 0. The van der Waals surface area contributed by atoms with Crippen LogP contribution in [0.4, 0.5) is 0 Å². The third-order valence-corrected chi connectivity index (χ3v) is 3.51. The second-order valence-electron chi connectivity index (χ2n) is 5.09. The van der Waals surface area contributed by atoms with Gasteiger partial charge in [0, 0.05) is 0 Å². The van der Waals surface area contributed by atoms with E-state index in [1.165, 1.54) is 37.7 Å². The Morgan fingerprint density at radius 2 is 1.62 bits per heavy atom. The first kappa shape index (κ1) is 18.1. The van der Waals surface area contributed by atoms with Crippen molar-refractivity contribution >= 4 is 0 Å². The van der Waals surface area contributed by atoms with E-state index in [1.807, 2.05) is 13.8 Å². The van der Waals surface area contributed by atoms with Gasteiger partial charge in [0.2, 0.25) is 0 Å². The van der Waals surface area contributed by atoms with Gasteiger partial charge in [-0.15, -0.1) is 0 Å². The van der Waals surface area contributed by atoms with Crippen LogP contribution in [-0.2, 0) is 0 Å². The Labute approximate surface area is 105 Å².